The largest absolute Gasteiger partial charge is 0.332 e. The fourth-order valence-corrected chi connectivity index (χ4v) is 3.44. The van der Waals surface area contributed by atoms with Gasteiger partial charge in [-0.3, -0.25) is 23.4 Å². The Morgan fingerprint density at radius 1 is 1.09 bits per heavy atom. The van der Waals surface area contributed by atoms with E-state index in [1.807, 2.05) is 0 Å². The first kappa shape index (κ1) is 21.4. The molecule has 4 aromatic rings. The van der Waals surface area contributed by atoms with Crippen LogP contribution in [0.2, 0.25) is 5.02 Å². The van der Waals surface area contributed by atoms with Crippen molar-refractivity contribution in [2.24, 2.45) is 7.05 Å². The molecule has 0 atom stereocenters. The number of fused-ring (bicyclic) bond motifs is 1. The van der Waals surface area contributed by atoms with E-state index in [0.29, 0.717) is 5.56 Å². The fourth-order valence-electron chi connectivity index (χ4n) is 3.28. The number of benzene rings is 2. The fraction of sp³-hybridized carbons (Fsp3) is 0.143. The van der Waals surface area contributed by atoms with Gasteiger partial charge in [0.05, 0.1) is 17.7 Å². The van der Waals surface area contributed by atoms with Gasteiger partial charge in [0.2, 0.25) is 5.91 Å². The summed E-state index contributed by atoms with van der Waals surface area (Å²) in [6.07, 6.45) is 1.44. The van der Waals surface area contributed by atoms with E-state index in [2.05, 4.69) is 10.4 Å². The van der Waals surface area contributed by atoms with Crippen molar-refractivity contribution in [2.75, 3.05) is 5.32 Å². The van der Waals surface area contributed by atoms with Gasteiger partial charge in [-0.2, -0.15) is 5.10 Å². The van der Waals surface area contributed by atoms with Gasteiger partial charge in [0.1, 0.15) is 18.2 Å². The summed E-state index contributed by atoms with van der Waals surface area (Å²) in [6.45, 7) is -0.634. The van der Waals surface area contributed by atoms with Gasteiger partial charge in [0.15, 0.2) is 5.52 Å². The number of rotatable bonds is 5. The predicted octanol–water partition coefficient (Wildman–Crippen LogP) is 2.52. The number of carbonyl (C=O) groups excluding carboxylic acids is 1. The Bertz CT molecular complexity index is 1460. The Hall–Kier alpha value is -3.79. The highest BCUT2D eigenvalue weighted by Gasteiger charge is 2.19. The van der Waals surface area contributed by atoms with Gasteiger partial charge in [0.25, 0.3) is 5.56 Å². The summed E-state index contributed by atoms with van der Waals surface area (Å²) >= 11 is 5.72. The standard InChI is InChI=1S/C21H16ClF2N5O3/c1-27-10-17-19(26-27)20(31)29(9-12-2-5-14(23)6-3-12)21(32)28(17)11-18(30)25-16-7-4-13(22)8-15(16)24/h2-8,10H,9,11H2,1H3,(H,25,30). The van der Waals surface area contributed by atoms with Gasteiger partial charge in [-0.15, -0.1) is 0 Å². The van der Waals surface area contributed by atoms with Gasteiger partial charge >= 0.3 is 5.69 Å². The summed E-state index contributed by atoms with van der Waals surface area (Å²) in [6, 6.07) is 9.08. The molecule has 0 aliphatic rings. The normalized spacial score (nSPS) is 11.1. The molecule has 8 nitrogen and oxygen atoms in total. The Labute approximate surface area is 184 Å². The van der Waals surface area contributed by atoms with Crippen LogP contribution in [0.15, 0.2) is 58.3 Å². The molecule has 2 aromatic carbocycles. The summed E-state index contributed by atoms with van der Waals surface area (Å²) < 4.78 is 30.6. The minimum atomic E-state index is -0.758. The minimum absolute atomic E-state index is 0.0142. The lowest BCUT2D eigenvalue weighted by molar-refractivity contribution is -0.116. The molecule has 4 rings (SSSR count). The maximum Gasteiger partial charge on any atom is 0.332 e. The molecule has 0 bridgehead atoms. The quantitative estimate of drug-likeness (QED) is 0.496. The maximum absolute atomic E-state index is 14.0. The lowest BCUT2D eigenvalue weighted by Crippen LogP contribution is -2.41. The molecule has 11 heteroatoms. The number of amides is 1. The van der Waals surface area contributed by atoms with E-state index in [9.17, 15) is 23.2 Å². The number of nitrogens with one attached hydrogen (secondary N) is 1. The highest BCUT2D eigenvalue weighted by molar-refractivity contribution is 6.30. The van der Waals surface area contributed by atoms with E-state index >= 15 is 0 Å². The minimum Gasteiger partial charge on any atom is -0.322 e. The third-order valence-electron chi connectivity index (χ3n) is 4.77. The highest BCUT2D eigenvalue weighted by atomic mass is 35.5. The van der Waals surface area contributed by atoms with Crippen LogP contribution in [-0.2, 0) is 24.9 Å². The second-order valence-corrected chi connectivity index (χ2v) is 7.53. The predicted molar refractivity (Wildman–Crippen MR) is 115 cm³/mol. The number of aromatic nitrogens is 4. The zero-order chi connectivity index (χ0) is 23.0. The van der Waals surface area contributed by atoms with Crippen molar-refractivity contribution in [3.05, 3.63) is 91.7 Å². The second-order valence-electron chi connectivity index (χ2n) is 7.10. The molecule has 0 unspecified atom stereocenters. The lowest BCUT2D eigenvalue weighted by atomic mass is 10.2. The van der Waals surface area contributed by atoms with Crippen LogP contribution in [0.1, 0.15) is 5.56 Å². The van der Waals surface area contributed by atoms with E-state index in [4.69, 9.17) is 11.6 Å². The van der Waals surface area contributed by atoms with E-state index in [-0.39, 0.29) is 28.3 Å². The zero-order valence-electron chi connectivity index (χ0n) is 16.7. The first-order valence-corrected chi connectivity index (χ1v) is 9.77. The summed E-state index contributed by atoms with van der Waals surface area (Å²) in [7, 11) is 1.57. The van der Waals surface area contributed by atoms with Gasteiger partial charge in [-0.1, -0.05) is 23.7 Å². The molecule has 0 spiro atoms. The molecule has 1 amide bonds. The molecule has 2 aromatic heterocycles. The first-order valence-electron chi connectivity index (χ1n) is 9.39. The molecule has 164 valence electrons. The number of aryl methyl sites for hydroxylation is 1. The molecule has 0 saturated carbocycles. The molecule has 2 heterocycles. The number of nitrogens with zero attached hydrogens (tertiary/aromatic N) is 4. The monoisotopic (exact) mass is 459 g/mol. The van der Waals surface area contributed by atoms with Gasteiger partial charge in [0, 0.05) is 18.3 Å². The number of carbonyl (C=O) groups is 1. The number of hydrogen-bond donors (Lipinski definition) is 1. The van der Waals surface area contributed by atoms with Crippen LogP contribution in [0.25, 0.3) is 11.0 Å². The Kier molecular flexibility index (Phi) is 5.62. The second kappa shape index (κ2) is 8.39. The molecule has 0 aliphatic heterocycles. The van der Waals surface area contributed by atoms with Crippen LogP contribution >= 0.6 is 11.6 Å². The Balaban J connectivity index is 1.74. The van der Waals surface area contributed by atoms with Crippen molar-refractivity contribution >= 4 is 34.2 Å². The first-order chi connectivity index (χ1) is 15.2. The molecule has 1 N–H and O–H groups in total. The summed E-state index contributed by atoms with van der Waals surface area (Å²) in [5.41, 5.74) is -0.846. The number of hydrogen-bond acceptors (Lipinski definition) is 4. The lowest BCUT2D eigenvalue weighted by Gasteiger charge is -2.12. The average molecular weight is 460 g/mol. The molecule has 0 radical (unpaired) electrons. The summed E-state index contributed by atoms with van der Waals surface area (Å²) in [5, 5.41) is 6.66. The van der Waals surface area contributed by atoms with E-state index in [1.165, 1.54) is 47.3 Å². The third-order valence-corrected chi connectivity index (χ3v) is 5.01. The number of anilines is 1. The molecular weight excluding hydrogens is 444 g/mol. The number of halogens is 3. The SMILES string of the molecule is Cn1cc2c(n1)c(=O)n(Cc1ccc(F)cc1)c(=O)n2CC(=O)Nc1ccc(Cl)cc1F. The van der Waals surface area contributed by atoms with Crippen LogP contribution in [0, 0.1) is 11.6 Å². The van der Waals surface area contributed by atoms with Crippen molar-refractivity contribution < 1.29 is 13.6 Å². The van der Waals surface area contributed by atoms with Crippen LogP contribution in [-0.4, -0.2) is 24.8 Å². The van der Waals surface area contributed by atoms with Gasteiger partial charge in [-0.05, 0) is 35.9 Å². The van der Waals surface area contributed by atoms with Crippen LogP contribution < -0.4 is 16.6 Å². The van der Waals surface area contributed by atoms with Gasteiger partial charge in [-0.25, -0.2) is 13.6 Å². The van der Waals surface area contributed by atoms with E-state index < -0.39 is 35.3 Å². The van der Waals surface area contributed by atoms with Gasteiger partial charge < -0.3 is 5.32 Å². The summed E-state index contributed by atoms with van der Waals surface area (Å²) in [5.74, 6) is -1.87. The van der Waals surface area contributed by atoms with Crippen molar-refractivity contribution in [1.82, 2.24) is 18.9 Å². The van der Waals surface area contributed by atoms with Crippen molar-refractivity contribution in [3.63, 3.8) is 0 Å². The highest BCUT2D eigenvalue weighted by Crippen LogP contribution is 2.19. The average Bonchev–Trinajstić information content (AvgIpc) is 3.14. The van der Waals surface area contributed by atoms with E-state index in [0.717, 1.165) is 15.2 Å². The van der Waals surface area contributed by atoms with Crippen LogP contribution in [0.4, 0.5) is 14.5 Å². The maximum atomic E-state index is 14.0. The van der Waals surface area contributed by atoms with E-state index in [1.54, 1.807) is 7.05 Å². The topological polar surface area (TPSA) is 90.9 Å². The smallest absolute Gasteiger partial charge is 0.322 e. The van der Waals surface area contributed by atoms with Crippen molar-refractivity contribution in [3.8, 4) is 0 Å². The molecule has 0 saturated heterocycles. The van der Waals surface area contributed by atoms with Crippen LogP contribution in [0.3, 0.4) is 0 Å². The zero-order valence-corrected chi connectivity index (χ0v) is 17.4. The molecule has 0 fully saturated rings. The molecular formula is C21H16ClF2N5O3. The van der Waals surface area contributed by atoms with Crippen molar-refractivity contribution in [1.29, 1.82) is 0 Å². The third kappa shape index (κ3) is 4.17. The Morgan fingerprint density at radius 2 is 1.81 bits per heavy atom. The molecule has 32 heavy (non-hydrogen) atoms. The van der Waals surface area contributed by atoms with Crippen LogP contribution in [0.5, 0.6) is 0 Å². The molecule has 0 aliphatic carbocycles. The van der Waals surface area contributed by atoms with Crippen molar-refractivity contribution in [2.45, 2.75) is 13.1 Å². The summed E-state index contributed by atoms with van der Waals surface area (Å²) in [4.78, 5) is 38.6. The Morgan fingerprint density at radius 3 is 2.50 bits per heavy atom.